The molecule has 2 rings (SSSR count). The van der Waals surface area contributed by atoms with Crippen molar-refractivity contribution in [1.29, 1.82) is 0 Å². The summed E-state index contributed by atoms with van der Waals surface area (Å²) in [6.45, 7) is 2.08. The molecule has 0 spiro atoms. The van der Waals surface area contributed by atoms with Gasteiger partial charge in [0.25, 0.3) is 0 Å². The van der Waals surface area contributed by atoms with Gasteiger partial charge in [0.1, 0.15) is 5.75 Å². The number of halogens is 1. The van der Waals surface area contributed by atoms with E-state index in [9.17, 15) is 4.79 Å². The molecule has 0 bridgehead atoms. The van der Waals surface area contributed by atoms with E-state index in [-0.39, 0.29) is 11.7 Å². The van der Waals surface area contributed by atoms with E-state index in [1.165, 1.54) is 0 Å². The average molecular weight is 303 g/mol. The van der Waals surface area contributed by atoms with Gasteiger partial charge in [0.15, 0.2) is 5.78 Å². The highest BCUT2D eigenvalue weighted by Gasteiger charge is 2.18. The van der Waals surface area contributed by atoms with Crippen molar-refractivity contribution >= 4 is 17.4 Å². The lowest BCUT2D eigenvalue weighted by Crippen LogP contribution is -2.07. The van der Waals surface area contributed by atoms with Crippen LogP contribution in [0.15, 0.2) is 48.5 Å². The minimum Gasteiger partial charge on any atom is -0.497 e. The molecule has 0 N–H and O–H groups in total. The zero-order valence-electron chi connectivity index (χ0n) is 12.3. The Morgan fingerprint density at radius 3 is 2.62 bits per heavy atom. The van der Waals surface area contributed by atoms with Gasteiger partial charge in [-0.05, 0) is 36.1 Å². The molecule has 0 saturated heterocycles. The Kier molecular flexibility index (Phi) is 5.40. The molecule has 2 nitrogen and oxygen atoms in total. The molecule has 21 heavy (non-hydrogen) atoms. The highest BCUT2D eigenvalue weighted by Crippen LogP contribution is 2.30. The lowest BCUT2D eigenvalue weighted by Gasteiger charge is -2.16. The molecular weight excluding hydrogens is 284 g/mol. The Morgan fingerprint density at radius 2 is 1.95 bits per heavy atom. The van der Waals surface area contributed by atoms with Crippen molar-refractivity contribution < 1.29 is 9.53 Å². The molecule has 0 radical (unpaired) electrons. The maximum atomic E-state index is 12.5. The van der Waals surface area contributed by atoms with Crippen molar-refractivity contribution in [3.63, 3.8) is 0 Å². The highest BCUT2D eigenvalue weighted by atomic mass is 35.5. The number of Topliss-reactive ketones (excluding diaryl/α,β-unsaturated/α-hetero) is 1. The fraction of sp³-hybridized carbons (Fsp3) is 0.278. The number of benzene rings is 2. The van der Waals surface area contributed by atoms with E-state index >= 15 is 0 Å². The Bertz CT molecular complexity index is 622. The van der Waals surface area contributed by atoms with Crippen LogP contribution in [0.2, 0.25) is 5.02 Å². The first-order chi connectivity index (χ1) is 10.2. The average Bonchev–Trinajstić information content (AvgIpc) is 2.53. The van der Waals surface area contributed by atoms with Gasteiger partial charge < -0.3 is 4.74 Å². The van der Waals surface area contributed by atoms with Gasteiger partial charge in [-0.3, -0.25) is 4.79 Å². The Labute approximate surface area is 130 Å². The molecule has 0 amide bonds. The van der Waals surface area contributed by atoms with Gasteiger partial charge in [-0.25, -0.2) is 0 Å². The van der Waals surface area contributed by atoms with Gasteiger partial charge in [0.05, 0.1) is 7.11 Å². The summed E-state index contributed by atoms with van der Waals surface area (Å²) in [5.74, 6) is 0.949. The molecule has 110 valence electrons. The largest absolute Gasteiger partial charge is 0.497 e. The van der Waals surface area contributed by atoms with Crippen LogP contribution in [0.3, 0.4) is 0 Å². The van der Waals surface area contributed by atoms with E-state index in [2.05, 4.69) is 6.92 Å². The van der Waals surface area contributed by atoms with Crippen molar-refractivity contribution in [3.8, 4) is 5.75 Å². The third-order valence-electron chi connectivity index (χ3n) is 3.66. The lowest BCUT2D eigenvalue weighted by atomic mass is 9.89. The molecule has 1 unspecified atom stereocenters. The van der Waals surface area contributed by atoms with Gasteiger partial charge in [0, 0.05) is 17.0 Å². The van der Waals surface area contributed by atoms with E-state index in [1.807, 2.05) is 42.5 Å². The molecule has 0 heterocycles. The maximum Gasteiger partial charge on any atom is 0.163 e. The van der Waals surface area contributed by atoms with E-state index in [0.717, 1.165) is 17.0 Å². The zero-order valence-corrected chi connectivity index (χ0v) is 13.1. The maximum absolute atomic E-state index is 12.5. The normalized spacial score (nSPS) is 12.0. The van der Waals surface area contributed by atoms with Crippen LogP contribution in [0, 0.1) is 0 Å². The van der Waals surface area contributed by atoms with Crippen LogP contribution in [-0.4, -0.2) is 12.9 Å². The van der Waals surface area contributed by atoms with Crippen LogP contribution >= 0.6 is 11.6 Å². The van der Waals surface area contributed by atoms with Crippen molar-refractivity contribution in [2.24, 2.45) is 0 Å². The summed E-state index contributed by atoms with van der Waals surface area (Å²) in [5, 5.41) is 0.725. The second-order valence-electron chi connectivity index (χ2n) is 4.99. The third kappa shape index (κ3) is 3.85. The smallest absolute Gasteiger partial charge is 0.163 e. The fourth-order valence-corrected chi connectivity index (χ4v) is 2.71. The molecule has 2 aromatic carbocycles. The predicted molar refractivity (Wildman–Crippen MR) is 86.4 cm³/mol. The monoisotopic (exact) mass is 302 g/mol. The number of rotatable bonds is 6. The minimum absolute atomic E-state index is 0.112. The van der Waals surface area contributed by atoms with Crippen molar-refractivity contribution in [3.05, 3.63) is 64.7 Å². The topological polar surface area (TPSA) is 26.3 Å². The number of carbonyl (C=O) groups excluding carboxylic acids is 1. The molecule has 0 fully saturated rings. The molecule has 3 heteroatoms. The number of ether oxygens (including phenoxy) is 1. The van der Waals surface area contributed by atoms with E-state index in [4.69, 9.17) is 16.3 Å². The molecule has 0 aliphatic rings. The summed E-state index contributed by atoms with van der Waals surface area (Å²) in [6, 6.07) is 15.0. The van der Waals surface area contributed by atoms with Gasteiger partial charge in [-0.1, -0.05) is 48.9 Å². The Morgan fingerprint density at radius 1 is 1.19 bits per heavy atom. The lowest BCUT2D eigenvalue weighted by molar-refractivity contribution is 0.0972. The second-order valence-corrected chi connectivity index (χ2v) is 5.39. The summed E-state index contributed by atoms with van der Waals surface area (Å²) in [7, 11) is 1.60. The highest BCUT2D eigenvalue weighted by molar-refractivity contribution is 6.31. The number of hydrogen-bond acceptors (Lipinski definition) is 2. The van der Waals surface area contributed by atoms with Crippen LogP contribution < -0.4 is 4.74 Å². The molecule has 0 aromatic heterocycles. The number of hydrogen-bond donors (Lipinski definition) is 0. The quantitative estimate of drug-likeness (QED) is 0.693. The van der Waals surface area contributed by atoms with Crippen LogP contribution in [0.4, 0.5) is 0 Å². The third-order valence-corrected chi connectivity index (χ3v) is 4.01. The summed E-state index contributed by atoms with van der Waals surface area (Å²) in [4.78, 5) is 12.5. The summed E-state index contributed by atoms with van der Waals surface area (Å²) in [6.07, 6.45) is 1.33. The molecule has 0 saturated carbocycles. The summed E-state index contributed by atoms with van der Waals surface area (Å²) < 4.78 is 5.17. The molecule has 2 aromatic rings. The van der Waals surface area contributed by atoms with Gasteiger partial charge in [-0.15, -0.1) is 0 Å². The van der Waals surface area contributed by atoms with E-state index in [0.29, 0.717) is 17.7 Å². The summed E-state index contributed by atoms with van der Waals surface area (Å²) in [5.41, 5.74) is 1.72. The number of carbonyl (C=O) groups is 1. The molecular formula is C18H19ClO2. The number of ketones is 1. The summed E-state index contributed by atoms with van der Waals surface area (Å²) >= 11 is 6.24. The number of methoxy groups -OCH3 is 1. The predicted octanol–water partition coefficient (Wildman–Crippen LogP) is 5.12. The standard InChI is InChI=1S/C18H19ClO2/c1-3-13(16-9-4-5-10-17(16)19)12-18(20)14-7-6-8-15(11-14)21-2/h4-11,13H,3,12H2,1-2H3. The molecule has 0 aliphatic carbocycles. The SMILES string of the molecule is CCC(CC(=O)c1cccc(OC)c1)c1ccccc1Cl. The van der Waals surface area contributed by atoms with Crippen LogP contribution in [-0.2, 0) is 0 Å². The van der Waals surface area contributed by atoms with E-state index < -0.39 is 0 Å². The first kappa shape index (κ1) is 15.6. The van der Waals surface area contributed by atoms with Crippen molar-refractivity contribution in [2.75, 3.05) is 7.11 Å². The molecule has 1 atom stereocenters. The minimum atomic E-state index is 0.112. The van der Waals surface area contributed by atoms with Gasteiger partial charge in [-0.2, -0.15) is 0 Å². The first-order valence-electron chi connectivity index (χ1n) is 7.07. The zero-order chi connectivity index (χ0) is 15.2. The molecule has 0 aliphatic heterocycles. The van der Waals surface area contributed by atoms with E-state index in [1.54, 1.807) is 13.2 Å². The Balaban J connectivity index is 2.18. The van der Waals surface area contributed by atoms with Crippen molar-refractivity contribution in [1.82, 2.24) is 0 Å². The van der Waals surface area contributed by atoms with Gasteiger partial charge in [0.2, 0.25) is 0 Å². The first-order valence-corrected chi connectivity index (χ1v) is 7.45. The van der Waals surface area contributed by atoms with Gasteiger partial charge >= 0.3 is 0 Å². The van der Waals surface area contributed by atoms with Crippen LogP contribution in [0.1, 0.15) is 41.6 Å². The second kappa shape index (κ2) is 7.28. The van der Waals surface area contributed by atoms with Crippen LogP contribution in [0.25, 0.3) is 0 Å². The van der Waals surface area contributed by atoms with Crippen LogP contribution in [0.5, 0.6) is 5.75 Å². The van der Waals surface area contributed by atoms with Crippen molar-refractivity contribution in [2.45, 2.75) is 25.7 Å². The Hall–Kier alpha value is -1.80. The fourth-order valence-electron chi connectivity index (χ4n) is 2.42.